The van der Waals surface area contributed by atoms with Gasteiger partial charge in [0, 0.05) is 17.8 Å². The van der Waals surface area contributed by atoms with E-state index in [1.54, 1.807) is 13.8 Å². The van der Waals surface area contributed by atoms with E-state index >= 15 is 0 Å². The summed E-state index contributed by atoms with van der Waals surface area (Å²) in [5.41, 5.74) is 0.0322. The highest BCUT2D eigenvalue weighted by atomic mass is 32.1. The lowest BCUT2D eigenvalue weighted by Crippen LogP contribution is -2.43. The molecule has 35 heavy (non-hydrogen) atoms. The number of aromatic nitrogens is 1. The number of aliphatic hydroxyl groups is 2. The van der Waals surface area contributed by atoms with Crippen molar-refractivity contribution in [2.45, 2.75) is 99.7 Å². The van der Waals surface area contributed by atoms with Crippen LogP contribution in [0.15, 0.2) is 11.5 Å². The van der Waals surface area contributed by atoms with Crippen molar-refractivity contribution in [1.82, 2.24) is 10.3 Å². The first-order chi connectivity index (χ1) is 16.4. The van der Waals surface area contributed by atoms with E-state index in [2.05, 4.69) is 31.1 Å². The first-order valence-corrected chi connectivity index (χ1v) is 14.0. The molecule has 0 radical (unpaired) electrons. The number of carbonyl (C=O) groups excluding carboxylic acids is 2. The van der Waals surface area contributed by atoms with E-state index in [1.807, 2.05) is 31.4 Å². The molecule has 1 amide bonds. The fourth-order valence-electron chi connectivity index (χ4n) is 4.77. The van der Waals surface area contributed by atoms with Gasteiger partial charge in [-0.1, -0.05) is 66.9 Å². The van der Waals surface area contributed by atoms with E-state index in [9.17, 15) is 14.7 Å². The maximum Gasteiger partial charge on any atom is 0.222 e. The van der Waals surface area contributed by atoms with Gasteiger partial charge in [-0.25, -0.2) is 4.98 Å². The van der Waals surface area contributed by atoms with Crippen LogP contribution in [0.3, 0.4) is 0 Å². The number of nitrogens with one attached hydrogen (secondary N) is 1. The Morgan fingerprint density at radius 1 is 1.11 bits per heavy atom. The zero-order valence-corrected chi connectivity index (χ0v) is 23.7. The van der Waals surface area contributed by atoms with Gasteiger partial charge in [0.05, 0.1) is 30.2 Å². The largest absolute Gasteiger partial charge is 0.392 e. The minimum atomic E-state index is -0.945. The van der Waals surface area contributed by atoms with Crippen LogP contribution in [0.2, 0.25) is 0 Å². The fraction of sp³-hybridized carbons (Fsp3) is 0.750. The Balaban J connectivity index is 0.000000507. The van der Waals surface area contributed by atoms with E-state index in [0.29, 0.717) is 24.3 Å². The van der Waals surface area contributed by atoms with Gasteiger partial charge in [0.25, 0.3) is 0 Å². The van der Waals surface area contributed by atoms with Crippen molar-refractivity contribution in [3.63, 3.8) is 0 Å². The minimum absolute atomic E-state index is 0.0106. The summed E-state index contributed by atoms with van der Waals surface area (Å²) in [6.07, 6.45) is 8.39. The van der Waals surface area contributed by atoms with Crippen molar-refractivity contribution in [3.8, 4) is 0 Å². The number of nitrogens with zero attached hydrogens (tertiary/aromatic N) is 1. The van der Waals surface area contributed by atoms with Crippen LogP contribution < -0.4 is 5.32 Å². The monoisotopic (exact) mass is 508 g/mol. The predicted molar refractivity (Wildman–Crippen MR) is 145 cm³/mol. The molecule has 5 atom stereocenters. The molecule has 1 aliphatic rings. The lowest BCUT2D eigenvalue weighted by atomic mass is 9.74. The number of thiazole rings is 1. The molecule has 1 saturated heterocycles. The van der Waals surface area contributed by atoms with E-state index in [-0.39, 0.29) is 30.6 Å². The van der Waals surface area contributed by atoms with Gasteiger partial charge in [-0.3, -0.25) is 9.59 Å². The quantitative estimate of drug-likeness (QED) is 0.481. The summed E-state index contributed by atoms with van der Waals surface area (Å²) in [4.78, 5) is 29.1. The molecular weight excluding hydrogens is 460 g/mol. The number of amides is 1. The zero-order chi connectivity index (χ0) is 26.6. The Hall–Kier alpha value is -1.57. The highest BCUT2D eigenvalue weighted by Gasteiger charge is 2.39. The third kappa shape index (κ3) is 11.4. The van der Waals surface area contributed by atoms with E-state index in [4.69, 9.17) is 5.11 Å². The van der Waals surface area contributed by atoms with Gasteiger partial charge in [0.2, 0.25) is 5.91 Å². The molecule has 1 aromatic heterocycles. The zero-order valence-electron chi connectivity index (χ0n) is 22.8. The molecule has 3 N–H and O–H groups in total. The van der Waals surface area contributed by atoms with Crippen LogP contribution in [0.5, 0.6) is 0 Å². The van der Waals surface area contributed by atoms with E-state index in [0.717, 1.165) is 30.0 Å². The maximum atomic E-state index is 12.8. The first-order valence-electron chi connectivity index (χ1n) is 13.1. The normalized spacial score (nSPS) is 29.3. The number of ketones is 1. The summed E-state index contributed by atoms with van der Waals surface area (Å²) in [5.74, 6) is 1.39. The van der Waals surface area contributed by atoms with Crippen LogP contribution in [-0.2, 0) is 16.2 Å². The summed E-state index contributed by atoms with van der Waals surface area (Å²) < 4.78 is 0. The average Bonchev–Trinajstić information content (AvgIpc) is 3.25. The number of allylic oxidation sites excluding steroid dienone is 1. The number of Topliss-reactive ketones (excluding diaryl/α,β-unsaturated/α-hetero) is 1. The topological polar surface area (TPSA) is 99.5 Å². The Bertz CT molecular complexity index is 805. The van der Waals surface area contributed by atoms with Gasteiger partial charge in [0.1, 0.15) is 10.8 Å². The molecule has 1 fully saturated rings. The highest BCUT2D eigenvalue weighted by molar-refractivity contribution is 7.09. The SMILES string of the molecule is C/C=C\c1csc(CO)n1.CC1CCCC(C)C[C@H](C)CNC(=O)CC(O)C(C)(C)C(=O)C(C)C1. The number of rotatable bonds is 2. The summed E-state index contributed by atoms with van der Waals surface area (Å²) in [6.45, 7) is 14.8. The van der Waals surface area contributed by atoms with Gasteiger partial charge < -0.3 is 15.5 Å². The van der Waals surface area contributed by atoms with Crippen LogP contribution in [0.25, 0.3) is 6.08 Å². The molecule has 0 aromatic carbocycles. The smallest absolute Gasteiger partial charge is 0.222 e. The molecule has 1 aliphatic heterocycles. The maximum absolute atomic E-state index is 12.8. The van der Waals surface area contributed by atoms with Crippen LogP contribution in [0.1, 0.15) is 97.7 Å². The second-order valence-electron chi connectivity index (χ2n) is 11.1. The van der Waals surface area contributed by atoms with Gasteiger partial charge in [-0.05, 0) is 43.6 Å². The Morgan fingerprint density at radius 3 is 2.31 bits per heavy atom. The molecule has 200 valence electrons. The van der Waals surface area contributed by atoms with Crippen molar-refractivity contribution < 1.29 is 19.8 Å². The highest BCUT2D eigenvalue weighted by Crippen LogP contribution is 2.31. The van der Waals surface area contributed by atoms with E-state index in [1.165, 1.54) is 24.2 Å². The Morgan fingerprint density at radius 2 is 1.74 bits per heavy atom. The van der Waals surface area contributed by atoms with Crippen molar-refractivity contribution >= 4 is 29.1 Å². The molecule has 1 aromatic rings. The van der Waals surface area contributed by atoms with Gasteiger partial charge in [-0.15, -0.1) is 11.3 Å². The second-order valence-corrected chi connectivity index (χ2v) is 12.0. The first kappa shape index (κ1) is 31.5. The van der Waals surface area contributed by atoms with Crippen LogP contribution >= 0.6 is 11.3 Å². The lowest BCUT2D eigenvalue weighted by molar-refractivity contribution is -0.139. The Labute approximate surface area is 216 Å². The molecule has 2 heterocycles. The van der Waals surface area contributed by atoms with Crippen LogP contribution in [-0.4, -0.2) is 39.5 Å². The number of hydrogen-bond acceptors (Lipinski definition) is 6. The van der Waals surface area contributed by atoms with Crippen molar-refractivity contribution in [3.05, 3.63) is 22.2 Å². The molecule has 0 bridgehead atoms. The molecule has 6 nitrogen and oxygen atoms in total. The molecular formula is C28H48N2O4S. The number of aliphatic hydroxyl groups excluding tert-OH is 2. The Kier molecular flexibility index (Phi) is 14.0. The average molecular weight is 509 g/mol. The summed E-state index contributed by atoms with van der Waals surface area (Å²) in [7, 11) is 0. The molecule has 2 rings (SSSR count). The van der Waals surface area contributed by atoms with Crippen molar-refractivity contribution in [2.24, 2.45) is 29.1 Å². The molecule has 4 unspecified atom stereocenters. The third-order valence-electron chi connectivity index (χ3n) is 6.94. The summed E-state index contributed by atoms with van der Waals surface area (Å²) >= 11 is 1.48. The molecule has 0 spiro atoms. The van der Waals surface area contributed by atoms with Crippen molar-refractivity contribution in [1.29, 1.82) is 0 Å². The van der Waals surface area contributed by atoms with Crippen molar-refractivity contribution in [2.75, 3.05) is 6.54 Å². The number of carbonyl (C=O) groups is 2. The van der Waals surface area contributed by atoms with Crippen LogP contribution in [0, 0.1) is 29.1 Å². The van der Waals surface area contributed by atoms with Gasteiger partial charge in [0.15, 0.2) is 0 Å². The van der Waals surface area contributed by atoms with Gasteiger partial charge >= 0.3 is 0 Å². The third-order valence-corrected chi connectivity index (χ3v) is 7.79. The van der Waals surface area contributed by atoms with Gasteiger partial charge in [-0.2, -0.15) is 0 Å². The standard InChI is InChI=1S/C21H39NO3.C7H9NOS/c1-14-8-7-9-15(2)11-17(4)20(25)21(5,6)18(23)12-19(24)22-13-16(3)10-14;1-2-3-6-5-10-7(4-9)8-6/h14-18,23H,7-13H2,1-6H3,(H,22,24);2-3,5,9H,4H2,1H3/b;3-2-/t14?,15?,16-,17?,18?;/m0./s1. The lowest BCUT2D eigenvalue weighted by Gasteiger charge is -2.32. The minimum Gasteiger partial charge on any atom is -0.392 e. The molecule has 0 aliphatic carbocycles. The number of hydrogen-bond donors (Lipinski definition) is 3. The predicted octanol–water partition coefficient (Wildman–Crippen LogP) is 5.63. The van der Waals surface area contributed by atoms with Crippen LogP contribution in [0.4, 0.5) is 0 Å². The second kappa shape index (κ2) is 15.5. The molecule has 7 heteroatoms. The summed E-state index contributed by atoms with van der Waals surface area (Å²) in [6, 6.07) is 0. The summed E-state index contributed by atoms with van der Waals surface area (Å²) in [5, 5.41) is 24.8. The fourth-order valence-corrected chi connectivity index (χ4v) is 5.39. The van der Waals surface area contributed by atoms with E-state index < -0.39 is 11.5 Å². The molecule has 0 saturated carbocycles.